The molecule has 21 heavy (non-hydrogen) atoms. The Hall–Kier alpha value is -1.22. The van der Waals surface area contributed by atoms with Crippen molar-refractivity contribution in [2.24, 2.45) is 0 Å². The number of nitrogens with one attached hydrogen (secondary N) is 1. The average Bonchev–Trinajstić information content (AvgIpc) is 2.47. The second kappa shape index (κ2) is 7.69. The van der Waals surface area contributed by atoms with Crippen LogP contribution in [0.15, 0.2) is 24.3 Å². The quantitative estimate of drug-likeness (QED) is 0.861. The molecule has 1 N–H and O–H groups in total. The van der Waals surface area contributed by atoms with E-state index in [-0.39, 0.29) is 6.10 Å². The molecule has 1 aromatic carbocycles. The zero-order valence-corrected chi connectivity index (χ0v) is 13.9. The fourth-order valence-electron chi connectivity index (χ4n) is 2.89. The number of ether oxygens (including phenoxy) is 1. The van der Waals surface area contributed by atoms with Gasteiger partial charge in [-0.3, -0.25) is 0 Å². The summed E-state index contributed by atoms with van der Waals surface area (Å²) in [6.45, 7) is 10.9. The summed E-state index contributed by atoms with van der Waals surface area (Å²) < 4.78 is 5.94. The number of anilines is 1. The third-order valence-corrected chi connectivity index (χ3v) is 4.09. The van der Waals surface area contributed by atoms with E-state index in [4.69, 9.17) is 4.74 Å². The van der Waals surface area contributed by atoms with E-state index >= 15 is 0 Å². The summed E-state index contributed by atoms with van der Waals surface area (Å²) in [5, 5.41) is 3.66. The molecule has 3 nitrogen and oxygen atoms in total. The molecule has 0 amide bonds. The smallest absolute Gasteiger partial charge is 0.121 e. The van der Waals surface area contributed by atoms with Crippen LogP contribution in [-0.2, 0) is 0 Å². The normalized spacial score (nSPS) is 20.6. The highest BCUT2D eigenvalue weighted by Crippen LogP contribution is 2.25. The third kappa shape index (κ3) is 4.92. The summed E-state index contributed by atoms with van der Waals surface area (Å²) in [5.74, 6) is 0.987. The predicted octanol–water partition coefficient (Wildman–Crippen LogP) is 3.83. The second-order valence-corrected chi connectivity index (χ2v) is 6.44. The molecule has 0 saturated carbocycles. The second-order valence-electron chi connectivity index (χ2n) is 6.44. The maximum absolute atomic E-state index is 5.94. The summed E-state index contributed by atoms with van der Waals surface area (Å²) >= 11 is 0. The highest BCUT2D eigenvalue weighted by atomic mass is 16.5. The van der Waals surface area contributed by atoms with Gasteiger partial charge in [0.15, 0.2) is 0 Å². The molecule has 1 aromatic rings. The van der Waals surface area contributed by atoms with Gasteiger partial charge in [0.2, 0.25) is 0 Å². The fraction of sp³-hybridized carbons (Fsp3) is 0.667. The lowest BCUT2D eigenvalue weighted by Gasteiger charge is -2.36. The van der Waals surface area contributed by atoms with Crippen LogP contribution in [0, 0.1) is 0 Å². The lowest BCUT2D eigenvalue weighted by atomic mass is 10.0. The van der Waals surface area contributed by atoms with Crippen molar-refractivity contribution < 1.29 is 4.74 Å². The van der Waals surface area contributed by atoms with E-state index in [0.29, 0.717) is 12.1 Å². The molecule has 1 heterocycles. The Morgan fingerprint density at radius 2 is 2.14 bits per heavy atom. The summed E-state index contributed by atoms with van der Waals surface area (Å²) in [4.78, 5) is 2.48. The minimum atomic E-state index is 0.275. The van der Waals surface area contributed by atoms with Crippen molar-refractivity contribution in [1.82, 2.24) is 5.32 Å². The molecule has 0 spiro atoms. The van der Waals surface area contributed by atoms with Gasteiger partial charge in [-0.05, 0) is 38.3 Å². The topological polar surface area (TPSA) is 24.5 Å². The van der Waals surface area contributed by atoms with Crippen molar-refractivity contribution in [3.05, 3.63) is 24.3 Å². The summed E-state index contributed by atoms with van der Waals surface area (Å²) in [5.41, 5.74) is 1.28. The van der Waals surface area contributed by atoms with Gasteiger partial charge in [-0.2, -0.15) is 0 Å². The minimum absolute atomic E-state index is 0.275. The van der Waals surface area contributed by atoms with Crippen LogP contribution in [0.25, 0.3) is 0 Å². The van der Waals surface area contributed by atoms with Gasteiger partial charge in [-0.15, -0.1) is 0 Å². The van der Waals surface area contributed by atoms with Crippen LogP contribution in [0.1, 0.15) is 47.0 Å². The molecular weight excluding hydrogens is 260 g/mol. The molecule has 2 atom stereocenters. The van der Waals surface area contributed by atoms with Gasteiger partial charge in [0.1, 0.15) is 5.75 Å². The number of nitrogens with zero attached hydrogens (tertiary/aromatic N) is 1. The van der Waals surface area contributed by atoms with Gasteiger partial charge in [0.05, 0.1) is 6.10 Å². The molecule has 0 aromatic heterocycles. The molecule has 1 aliphatic heterocycles. The lowest BCUT2D eigenvalue weighted by Crippen LogP contribution is -2.47. The maximum atomic E-state index is 5.94. The van der Waals surface area contributed by atoms with E-state index < -0.39 is 0 Å². The minimum Gasteiger partial charge on any atom is -0.491 e. The van der Waals surface area contributed by atoms with Crippen LogP contribution < -0.4 is 15.0 Å². The number of piperidine rings is 1. The average molecular weight is 290 g/mol. The monoisotopic (exact) mass is 290 g/mol. The largest absolute Gasteiger partial charge is 0.491 e. The summed E-state index contributed by atoms with van der Waals surface area (Å²) in [6, 6.07) is 9.69. The highest BCUT2D eigenvalue weighted by molar-refractivity contribution is 5.51. The first-order valence-corrected chi connectivity index (χ1v) is 8.36. The van der Waals surface area contributed by atoms with Crippen LogP contribution in [0.2, 0.25) is 0 Å². The standard InChI is InChI=1S/C18H30N2O/c1-5-15(4)21-18-10-6-9-17(12-18)20-11-7-8-16(13-20)19-14(2)3/h6,9-10,12,14-16,19H,5,7-8,11,13H2,1-4H3. The van der Waals surface area contributed by atoms with Crippen molar-refractivity contribution in [2.45, 2.75) is 65.1 Å². The Labute approximate surface area is 129 Å². The van der Waals surface area contributed by atoms with Crippen molar-refractivity contribution in [1.29, 1.82) is 0 Å². The van der Waals surface area contributed by atoms with Crippen LogP contribution >= 0.6 is 0 Å². The molecule has 1 saturated heterocycles. The zero-order valence-electron chi connectivity index (χ0n) is 13.9. The molecule has 118 valence electrons. The van der Waals surface area contributed by atoms with E-state index in [1.807, 2.05) is 0 Å². The fourth-order valence-corrected chi connectivity index (χ4v) is 2.89. The molecule has 1 fully saturated rings. The number of rotatable bonds is 6. The van der Waals surface area contributed by atoms with E-state index in [2.05, 4.69) is 62.2 Å². The zero-order chi connectivity index (χ0) is 15.2. The molecule has 0 aliphatic carbocycles. The van der Waals surface area contributed by atoms with Crippen molar-refractivity contribution in [3.8, 4) is 5.75 Å². The van der Waals surface area contributed by atoms with Gasteiger partial charge in [0.25, 0.3) is 0 Å². The molecule has 0 bridgehead atoms. The Bertz CT molecular complexity index is 433. The van der Waals surface area contributed by atoms with Crippen LogP contribution in [0.3, 0.4) is 0 Å². The SMILES string of the molecule is CCC(C)Oc1cccc(N2CCCC(NC(C)C)C2)c1. The van der Waals surface area contributed by atoms with E-state index in [9.17, 15) is 0 Å². The molecule has 2 rings (SSSR count). The van der Waals surface area contributed by atoms with Gasteiger partial charge in [0, 0.05) is 36.9 Å². The van der Waals surface area contributed by atoms with Crippen LogP contribution in [0.4, 0.5) is 5.69 Å². The Balaban J connectivity index is 2.01. The Morgan fingerprint density at radius 1 is 1.33 bits per heavy atom. The van der Waals surface area contributed by atoms with E-state index in [0.717, 1.165) is 25.3 Å². The summed E-state index contributed by atoms with van der Waals surface area (Å²) in [7, 11) is 0. The first-order valence-electron chi connectivity index (χ1n) is 8.36. The molecule has 1 aliphatic rings. The molecule has 3 heteroatoms. The van der Waals surface area contributed by atoms with Crippen LogP contribution in [-0.4, -0.2) is 31.3 Å². The van der Waals surface area contributed by atoms with Gasteiger partial charge >= 0.3 is 0 Å². The highest BCUT2D eigenvalue weighted by Gasteiger charge is 2.20. The van der Waals surface area contributed by atoms with Crippen molar-refractivity contribution in [3.63, 3.8) is 0 Å². The van der Waals surface area contributed by atoms with Gasteiger partial charge in [-0.25, -0.2) is 0 Å². The first-order chi connectivity index (χ1) is 10.1. The third-order valence-electron chi connectivity index (χ3n) is 4.09. The van der Waals surface area contributed by atoms with Crippen molar-refractivity contribution >= 4 is 5.69 Å². The predicted molar refractivity (Wildman–Crippen MR) is 90.3 cm³/mol. The molecule has 0 radical (unpaired) electrons. The van der Waals surface area contributed by atoms with Gasteiger partial charge < -0.3 is 15.0 Å². The van der Waals surface area contributed by atoms with E-state index in [1.165, 1.54) is 18.5 Å². The Morgan fingerprint density at radius 3 is 2.86 bits per heavy atom. The maximum Gasteiger partial charge on any atom is 0.121 e. The van der Waals surface area contributed by atoms with Gasteiger partial charge in [-0.1, -0.05) is 26.8 Å². The number of hydrogen-bond donors (Lipinski definition) is 1. The van der Waals surface area contributed by atoms with Crippen LogP contribution in [0.5, 0.6) is 5.75 Å². The molecular formula is C18H30N2O. The summed E-state index contributed by atoms with van der Waals surface area (Å²) in [6.07, 6.45) is 3.84. The number of benzene rings is 1. The lowest BCUT2D eigenvalue weighted by molar-refractivity contribution is 0.217. The Kier molecular flexibility index (Phi) is 5.92. The molecule has 2 unspecified atom stereocenters. The van der Waals surface area contributed by atoms with E-state index in [1.54, 1.807) is 0 Å². The van der Waals surface area contributed by atoms with Crippen molar-refractivity contribution in [2.75, 3.05) is 18.0 Å². The first kappa shape index (κ1) is 16.2. The number of hydrogen-bond acceptors (Lipinski definition) is 3.